The van der Waals surface area contributed by atoms with Crippen molar-refractivity contribution < 1.29 is 9.52 Å². The van der Waals surface area contributed by atoms with Gasteiger partial charge in [0.15, 0.2) is 0 Å². The zero-order valence-corrected chi connectivity index (χ0v) is 10.0. The Labute approximate surface area is 96.3 Å². The average Bonchev–Trinajstić information content (AvgIpc) is 2.77. The third-order valence-corrected chi connectivity index (χ3v) is 3.22. The first-order valence-electron chi connectivity index (χ1n) is 6.03. The molecule has 1 unspecified atom stereocenters. The molecule has 1 N–H and O–H groups in total. The number of hydrogen-bond donors (Lipinski definition) is 1. The second-order valence-electron chi connectivity index (χ2n) is 4.68. The summed E-state index contributed by atoms with van der Waals surface area (Å²) in [6, 6.07) is 0.795. The first-order valence-corrected chi connectivity index (χ1v) is 6.03. The summed E-state index contributed by atoms with van der Waals surface area (Å²) in [7, 11) is 0. The van der Waals surface area contributed by atoms with Gasteiger partial charge in [-0.15, -0.1) is 0 Å². The standard InChI is InChI=1S/C12H20N2O2/c1-9(2)14-6-4-3-5-11(14)12-13-10(7-15)8-16-12/h8-9,11,15H,3-7H2,1-2H3. The Bertz CT molecular complexity index is 336. The van der Waals surface area contributed by atoms with Gasteiger partial charge in [0.1, 0.15) is 12.0 Å². The van der Waals surface area contributed by atoms with Crippen molar-refractivity contribution >= 4 is 0 Å². The van der Waals surface area contributed by atoms with Gasteiger partial charge in [0.2, 0.25) is 5.89 Å². The zero-order valence-electron chi connectivity index (χ0n) is 10.0. The van der Waals surface area contributed by atoms with E-state index >= 15 is 0 Å². The average molecular weight is 224 g/mol. The van der Waals surface area contributed by atoms with E-state index in [2.05, 4.69) is 23.7 Å². The lowest BCUT2D eigenvalue weighted by Gasteiger charge is -2.36. The van der Waals surface area contributed by atoms with Gasteiger partial charge in [-0.1, -0.05) is 6.42 Å². The number of likely N-dealkylation sites (tertiary alicyclic amines) is 1. The van der Waals surface area contributed by atoms with Crippen molar-refractivity contribution in [1.82, 2.24) is 9.88 Å². The maximum absolute atomic E-state index is 8.99. The molecule has 1 atom stereocenters. The van der Waals surface area contributed by atoms with Crippen LogP contribution in [-0.2, 0) is 6.61 Å². The largest absolute Gasteiger partial charge is 0.447 e. The van der Waals surface area contributed by atoms with Gasteiger partial charge in [-0.05, 0) is 33.2 Å². The molecule has 90 valence electrons. The van der Waals surface area contributed by atoms with E-state index in [1.807, 2.05) is 0 Å². The topological polar surface area (TPSA) is 49.5 Å². The maximum atomic E-state index is 8.99. The fraction of sp³-hybridized carbons (Fsp3) is 0.750. The summed E-state index contributed by atoms with van der Waals surface area (Å²) >= 11 is 0. The maximum Gasteiger partial charge on any atom is 0.211 e. The molecule has 4 nitrogen and oxygen atoms in total. The molecular formula is C12H20N2O2. The van der Waals surface area contributed by atoms with Crippen LogP contribution in [0.15, 0.2) is 10.7 Å². The lowest BCUT2D eigenvalue weighted by Crippen LogP contribution is -2.38. The first kappa shape index (κ1) is 11.6. The molecule has 0 aromatic carbocycles. The fourth-order valence-electron chi connectivity index (χ4n) is 2.39. The van der Waals surface area contributed by atoms with Crippen LogP contribution in [0, 0.1) is 0 Å². The van der Waals surface area contributed by atoms with Crippen LogP contribution in [0.2, 0.25) is 0 Å². The number of oxazole rings is 1. The molecule has 2 heterocycles. The Balaban J connectivity index is 2.16. The van der Waals surface area contributed by atoms with Crippen molar-refractivity contribution in [2.24, 2.45) is 0 Å². The molecule has 0 radical (unpaired) electrons. The molecule has 1 aromatic heterocycles. The lowest BCUT2D eigenvalue weighted by atomic mass is 10.0. The van der Waals surface area contributed by atoms with Crippen LogP contribution in [0.25, 0.3) is 0 Å². The summed E-state index contributed by atoms with van der Waals surface area (Å²) in [5.74, 6) is 0.762. The molecule has 0 bridgehead atoms. The smallest absolute Gasteiger partial charge is 0.211 e. The zero-order chi connectivity index (χ0) is 11.5. The summed E-state index contributed by atoms with van der Waals surface area (Å²) in [5.41, 5.74) is 0.629. The lowest BCUT2D eigenvalue weighted by molar-refractivity contribution is 0.0924. The quantitative estimate of drug-likeness (QED) is 0.854. The molecule has 0 saturated carbocycles. The van der Waals surface area contributed by atoms with Crippen LogP contribution in [0.4, 0.5) is 0 Å². The second kappa shape index (κ2) is 4.97. The number of nitrogens with zero attached hydrogens (tertiary/aromatic N) is 2. The Kier molecular flexibility index (Phi) is 3.61. The summed E-state index contributed by atoms with van der Waals surface area (Å²) in [4.78, 5) is 6.75. The molecular weight excluding hydrogens is 204 g/mol. The Morgan fingerprint density at radius 1 is 1.56 bits per heavy atom. The van der Waals surface area contributed by atoms with Crippen LogP contribution < -0.4 is 0 Å². The van der Waals surface area contributed by atoms with Crippen LogP contribution in [0.1, 0.15) is 50.7 Å². The number of aliphatic hydroxyl groups is 1. The van der Waals surface area contributed by atoms with Crippen molar-refractivity contribution in [3.8, 4) is 0 Å². The molecule has 1 saturated heterocycles. The predicted molar refractivity (Wildman–Crippen MR) is 60.9 cm³/mol. The summed E-state index contributed by atoms with van der Waals surface area (Å²) < 4.78 is 5.46. The number of aliphatic hydroxyl groups excluding tert-OH is 1. The van der Waals surface area contributed by atoms with Crippen LogP contribution in [0.3, 0.4) is 0 Å². The van der Waals surface area contributed by atoms with Gasteiger partial charge in [0, 0.05) is 6.04 Å². The number of rotatable bonds is 3. The Morgan fingerprint density at radius 3 is 3.00 bits per heavy atom. The number of hydrogen-bond acceptors (Lipinski definition) is 4. The number of piperidine rings is 1. The summed E-state index contributed by atoms with van der Waals surface area (Å²) in [5, 5.41) is 8.99. The van der Waals surface area contributed by atoms with Crippen molar-refractivity contribution in [3.63, 3.8) is 0 Å². The van der Waals surface area contributed by atoms with Gasteiger partial charge in [-0.2, -0.15) is 0 Å². The van der Waals surface area contributed by atoms with E-state index in [4.69, 9.17) is 9.52 Å². The van der Waals surface area contributed by atoms with Crippen LogP contribution in [0.5, 0.6) is 0 Å². The van der Waals surface area contributed by atoms with E-state index in [0.29, 0.717) is 11.7 Å². The van der Waals surface area contributed by atoms with Crippen molar-refractivity contribution in [2.45, 2.75) is 51.8 Å². The monoisotopic (exact) mass is 224 g/mol. The summed E-state index contributed by atoms with van der Waals surface area (Å²) in [6.07, 6.45) is 5.14. The van der Waals surface area contributed by atoms with Gasteiger partial charge in [-0.25, -0.2) is 4.98 Å². The highest BCUT2D eigenvalue weighted by atomic mass is 16.3. The second-order valence-corrected chi connectivity index (χ2v) is 4.68. The van der Waals surface area contributed by atoms with E-state index in [1.54, 1.807) is 6.26 Å². The minimum atomic E-state index is -0.0438. The van der Waals surface area contributed by atoms with Gasteiger partial charge in [0.05, 0.1) is 12.6 Å². The molecule has 2 rings (SSSR count). The van der Waals surface area contributed by atoms with Crippen LogP contribution >= 0.6 is 0 Å². The van der Waals surface area contributed by atoms with Crippen molar-refractivity contribution in [1.29, 1.82) is 0 Å². The van der Waals surface area contributed by atoms with Gasteiger partial charge in [0.25, 0.3) is 0 Å². The highest BCUT2D eigenvalue weighted by Gasteiger charge is 2.29. The normalized spacial score (nSPS) is 22.9. The molecule has 1 aliphatic rings. The van der Waals surface area contributed by atoms with Gasteiger partial charge in [-0.3, -0.25) is 4.90 Å². The predicted octanol–water partition coefficient (Wildman–Crippen LogP) is 2.10. The van der Waals surface area contributed by atoms with E-state index in [1.165, 1.54) is 12.8 Å². The molecule has 4 heteroatoms. The molecule has 0 amide bonds. The first-order chi connectivity index (χ1) is 7.72. The Morgan fingerprint density at radius 2 is 2.38 bits per heavy atom. The molecule has 1 aliphatic heterocycles. The SMILES string of the molecule is CC(C)N1CCCCC1c1nc(CO)co1. The van der Waals surface area contributed by atoms with E-state index in [-0.39, 0.29) is 12.6 Å². The minimum absolute atomic E-state index is 0.0438. The summed E-state index contributed by atoms with van der Waals surface area (Å²) in [6.45, 7) is 5.47. The van der Waals surface area contributed by atoms with E-state index in [0.717, 1.165) is 18.9 Å². The highest BCUT2D eigenvalue weighted by molar-refractivity contribution is 5.01. The van der Waals surface area contributed by atoms with E-state index in [9.17, 15) is 0 Å². The third-order valence-electron chi connectivity index (χ3n) is 3.22. The fourth-order valence-corrected chi connectivity index (χ4v) is 2.39. The number of aromatic nitrogens is 1. The van der Waals surface area contributed by atoms with Crippen molar-refractivity contribution in [2.75, 3.05) is 6.54 Å². The minimum Gasteiger partial charge on any atom is -0.447 e. The molecule has 1 fully saturated rings. The Hall–Kier alpha value is -0.870. The van der Waals surface area contributed by atoms with Crippen LogP contribution in [-0.4, -0.2) is 27.6 Å². The highest BCUT2D eigenvalue weighted by Crippen LogP contribution is 2.31. The molecule has 0 spiro atoms. The van der Waals surface area contributed by atoms with E-state index < -0.39 is 0 Å². The van der Waals surface area contributed by atoms with Crippen molar-refractivity contribution in [3.05, 3.63) is 17.8 Å². The van der Waals surface area contributed by atoms with Gasteiger partial charge < -0.3 is 9.52 Å². The molecule has 0 aliphatic carbocycles. The molecule has 1 aromatic rings. The third kappa shape index (κ3) is 2.28. The van der Waals surface area contributed by atoms with Gasteiger partial charge >= 0.3 is 0 Å². The molecule has 16 heavy (non-hydrogen) atoms.